The van der Waals surface area contributed by atoms with E-state index in [2.05, 4.69) is 12.6 Å². The Morgan fingerprint density at radius 3 is 2.62 bits per heavy atom. The van der Waals surface area contributed by atoms with Crippen LogP contribution in [-0.4, -0.2) is 21.9 Å². The highest BCUT2D eigenvalue weighted by Gasteiger charge is 2.04. The second kappa shape index (κ2) is 7.52. The largest absolute Gasteiger partial charge is 0.483 e. The van der Waals surface area contributed by atoms with Crippen LogP contribution in [0, 0.1) is 10.1 Å². The molecule has 1 aromatic carbocycles. The Kier molecular flexibility index (Phi) is 6.69. The molecule has 88 valence electrons. The minimum atomic E-state index is -0.833. The van der Waals surface area contributed by atoms with Gasteiger partial charge in [-0.1, -0.05) is 6.07 Å². The van der Waals surface area contributed by atoms with E-state index in [0.29, 0.717) is 5.75 Å². The third-order valence-electron chi connectivity index (χ3n) is 1.26. The van der Waals surface area contributed by atoms with Crippen LogP contribution in [0.25, 0.3) is 0 Å². The lowest BCUT2D eigenvalue weighted by Gasteiger charge is -2.00. The Hall–Kier alpha value is -1.76. The molecular weight excluding hydrogens is 234 g/mol. The van der Waals surface area contributed by atoms with Crippen molar-refractivity contribution in [3.63, 3.8) is 0 Å². The maximum atomic E-state index is 10.3. The summed E-state index contributed by atoms with van der Waals surface area (Å²) >= 11 is 3.83. The van der Waals surface area contributed by atoms with Crippen LogP contribution in [0.1, 0.15) is 6.92 Å². The molecule has 0 aliphatic rings. The Morgan fingerprint density at radius 1 is 1.62 bits per heavy atom. The number of thiol groups is 1. The SMILES string of the molecule is CC(=O)O.O=[N+]([O-])c1cccc(OCS)c1. The molecule has 0 heterocycles. The first-order chi connectivity index (χ1) is 7.47. The summed E-state index contributed by atoms with van der Waals surface area (Å²) in [6.07, 6.45) is 0. The van der Waals surface area contributed by atoms with Crippen molar-refractivity contribution in [2.45, 2.75) is 6.92 Å². The van der Waals surface area contributed by atoms with Crippen molar-refractivity contribution in [2.75, 3.05) is 5.94 Å². The number of nitrogens with zero attached hydrogens (tertiary/aromatic N) is 1. The average Bonchev–Trinajstić information content (AvgIpc) is 2.17. The van der Waals surface area contributed by atoms with Gasteiger partial charge in [-0.15, -0.1) is 12.6 Å². The highest BCUT2D eigenvalue weighted by Crippen LogP contribution is 2.18. The van der Waals surface area contributed by atoms with E-state index in [1.807, 2.05) is 0 Å². The quantitative estimate of drug-likeness (QED) is 0.367. The molecule has 0 aliphatic heterocycles. The predicted octanol–water partition coefficient (Wildman–Crippen LogP) is 1.95. The zero-order valence-corrected chi connectivity index (χ0v) is 9.39. The number of ether oxygens (including phenoxy) is 1. The standard InChI is InChI=1S/C7H7NO3S.C2H4O2/c9-8(10)6-2-1-3-7(4-6)11-5-12;1-2(3)4/h1-4,12H,5H2;1H3,(H,3,4). The fourth-order valence-electron chi connectivity index (χ4n) is 0.761. The number of benzene rings is 1. The van der Waals surface area contributed by atoms with E-state index in [0.717, 1.165) is 6.92 Å². The molecule has 7 heteroatoms. The lowest BCUT2D eigenvalue weighted by atomic mass is 10.3. The van der Waals surface area contributed by atoms with Crippen LogP contribution in [0.4, 0.5) is 5.69 Å². The first kappa shape index (κ1) is 14.2. The maximum Gasteiger partial charge on any atom is 0.300 e. The van der Waals surface area contributed by atoms with Crippen LogP contribution < -0.4 is 4.74 Å². The molecular formula is C9H11NO5S. The molecule has 0 spiro atoms. The molecule has 0 fully saturated rings. The Morgan fingerprint density at radius 2 is 2.19 bits per heavy atom. The van der Waals surface area contributed by atoms with Gasteiger partial charge in [-0.3, -0.25) is 14.9 Å². The smallest absolute Gasteiger partial charge is 0.300 e. The molecule has 1 rings (SSSR count). The number of carbonyl (C=O) groups is 1. The lowest BCUT2D eigenvalue weighted by molar-refractivity contribution is -0.384. The van der Waals surface area contributed by atoms with E-state index in [1.54, 1.807) is 12.1 Å². The van der Waals surface area contributed by atoms with Crippen molar-refractivity contribution in [3.8, 4) is 5.75 Å². The molecule has 0 radical (unpaired) electrons. The number of hydrogen-bond donors (Lipinski definition) is 2. The summed E-state index contributed by atoms with van der Waals surface area (Å²) in [5, 5.41) is 17.7. The van der Waals surface area contributed by atoms with Gasteiger partial charge in [0.15, 0.2) is 0 Å². The van der Waals surface area contributed by atoms with Gasteiger partial charge < -0.3 is 9.84 Å². The molecule has 0 bridgehead atoms. The predicted molar refractivity (Wildman–Crippen MR) is 60.9 cm³/mol. The van der Waals surface area contributed by atoms with Crippen molar-refractivity contribution in [1.29, 1.82) is 0 Å². The fourth-order valence-corrected chi connectivity index (χ4v) is 0.910. The van der Waals surface area contributed by atoms with Gasteiger partial charge in [0.1, 0.15) is 11.7 Å². The first-order valence-electron chi connectivity index (χ1n) is 4.15. The van der Waals surface area contributed by atoms with Crippen molar-refractivity contribution in [2.24, 2.45) is 0 Å². The zero-order valence-electron chi connectivity index (χ0n) is 8.49. The number of hydrogen-bond acceptors (Lipinski definition) is 5. The third kappa shape index (κ3) is 6.66. The summed E-state index contributed by atoms with van der Waals surface area (Å²) < 4.78 is 4.96. The summed E-state index contributed by atoms with van der Waals surface area (Å²) in [5.74, 6) is -0.166. The van der Waals surface area contributed by atoms with Crippen molar-refractivity contribution >= 4 is 24.3 Å². The van der Waals surface area contributed by atoms with Crippen molar-refractivity contribution in [3.05, 3.63) is 34.4 Å². The molecule has 0 atom stereocenters. The number of non-ortho nitro benzene ring substituents is 1. The van der Waals surface area contributed by atoms with E-state index in [1.165, 1.54) is 12.1 Å². The number of nitro groups is 1. The van der Waals surface area contributed by atoms with Crippen molar-refractivity contribution < 1.29 is 19.6 Å². The summed E-state index contributed by atoms with van der Waals surface area (Å²) in [6.45, 7) is 1.08. The number of carboxylic acid groups (broad SMARTS) is 1. The molecule has 1 N–H and O–H groups in total. The summed E-state index contributed by atoms with van der Waals surface area (Å²) in [4.78, 5) is 18.8. The molecule has 0 amide bonds. The van der Waals surface area contributed by atoms with Crippen LogP contribution in [0.15, 0.2) is 24.3 Å². The van der Waals surface area contributed by atoms with Gasteiger partial charge in [-0.05, 0) is 6.07 Å². The molecule has 0 saturated carbocycles. The Balaban J connectivity index is 0.000000487. The highest BCUT2D eigenvalue weighted by molar-refractivity contribution is 7.80. The Bertz CT molecular complexity index is 365. The second-order valence-corrected chi connectivity index (χ2v) is 2.81. The van der Waals surface area contributed by atoms with Crippen LogP contribution >= 0.6 is 12.6 Å². The molecule has 0 unspecified atom stereocenters. The van der Waals surface area contributed by atoms with Gasteiger partial charge in [0.05, 0.1) is 11.0 Å². The number of nitro benzene ring substituents is 1. The van der Waals surface area contributed by atoms with Gasteiger partial charge in [0, 0.05) is 13.0 Å². The van der Waals surface area contributed by atoms with Crippen molar-refractivity contribution in [1.82, 2.24) is 0 Å². The molecule has 0 saturated heterocycles. The van der Waals surface area contributed by atoms with Crippen LogP contribution in [0.2, 0.25) is 0 Å². The normalized spacial score (nSPS) is 8.62. The average molecular weight is 245 g/mol. The van der Waals surface area contributed by atoms with Crippen LogP contribution in [0.3, 0.4) is 0 Å². The maximum absolute atomic E-state index is 10.3. The van der Waals surface area contributed by atoms with Gasteiger partial charge in [0.25, 0.3) is 11.7 Å². The molecule has 1 aromatic rings. The highest BCUT2D eigenvalue weighted by atomic mass is 32.1. The topological polar surface area (TPSA) is 89.7 Å². The van der Waals surface area contributed by atoms with E-state index in [-0.39, 0.29) is 11.6 Å². The summed E-state index contributed by atoms with van der Waals surface area (Å²) in [7, 11) is 0. The lowest BCUT2D eigenvalue weighted by Crippen LogP contribution is -1.91. The van der Waals surface area contributed by atoms with E-state index in [4.69, 9.17) is 14.6 Å². The third-order valence-corrected chi connectivity index (χ3v) is 1.39. The van der Waals surface area contributed by atoms with Gasteiger partial charge in [0.2, 0.25) is 0 Å². The van der Waals surface area contributed by atoms with Gasteiger partial charge in [-0.2, -0.15) is 0 Å². The molecule has 16 heavy (non-hydrogen) atoms. The van der Waals surface area contributed by atoms with Crippen LogP contribution in [0.5, 0.6) is 5.75 Å². The van der Waals surface area contributed by atoms with E-state index < -0.39 is 10.9 Å². The fraction of sp³-hybridized carbons (Fsp3) is 0.222. The zero-order chi connectivity index (χ0) is 12.6. The molecule has 6 nitrogen and oxygen atoms in total. The number of rotatable bonds is 3. The first-order valence-corrected chi connectivity index (χ1v) is 4.78. The Labute approximate surface area is 97.4 Å². The van der Waals surface area contributed by atoms with E-state index in [9.17, 15) is 10.1 Å². The monoisotopic (exact) mass is 245 g/mol. The minimum Gasteiger partial charge on any atom is -0.483 e. The van der Waals surface area contributed by atoms with Crippen LogP contribution in [-0.2, 0) is 4.79 Å². The van der Waals surface area contributed by atoms with Gasteiger partial charge in [-0.25, -0.2) is 0 Å². The summed E-state index contributed by atoms with van der Waals surface area (Å²) in [5.41, 5.74) is 0.0225. The molecule has 0 aromatic heterocycles. The van der Waals surface area contributed by atoms with Gasteiger partial charge >= 0.3 is 0 Å². The number of aliphatic carboxylic acids is 1. The number of carboxylic acids is 1. The second-order valence-electron chi connectivity index (χ2n) is 2.55. The molecule has 0 aliphatic carbocycles. The summed E-state index contributed by atoms with van der Waals surface area (Å²) in [6, 6.07) is 5.97. The van der Waals surface area contributed by atoms with E-state index >= 15 is 0 Å². The minimum absolute atomic E-state index is 0.0225.